The standard InChI is InChI=1S/C18H24O2/c1-17-8-2-3-15(17)14-5-4-12-11-13(19)6-10-18(12,20)16(14)7-9-17/h6,10-11,14-16,20H,2-5,7-9H2,1H3/t14-,15-,16-,17-,18?/m0/s1. The van der Waals surface area contributed by atoms with Crippen LogP contribution in [-0.2, 0) is 4.79 Å². The van der Waals surface area contributed by atoms with Crippen molar-refractivity contribution in [2.45, 2.75) is 57.5 Å². The fourth-order valence-corrected chi connectivity index (χ4v) is 5.84. The van der Waals surface area contributed by atoms with E-state index in [9.17, 15) is 9.90 Å². The minimum Gasteiger partial charge on any atom is -0.381 e. The van der Waals surface area contributed by atoms with Crippen LogP contribution in [0.4, 0.5) is 0 Å². The first-order chi connectivity index (χ1) is 9.53. The zero-order valence-electron chi connectivity index (χ0n) is 12.3. The third-order valence-electron chi connectivity index (χ3n) is 6.86. The number of carbonyl (C=O) groups is 1. The third kappa shape index (κ3) is 1.57. The molecule has 20 heavy (non-hydrogen) atoms. The average Bonchev–Trinajstić information content (AvgIpc) is 2.81. The molecule has 0 aromatic rings. The Labute approximate surface area is 120 Å². The number of hydrogen-bond acceptors (Lipinski definition) is 2. The SMILES string of the molecule is C[C@@]12CCC[C@H]1[C@@H]1CCC3=CC(=O)C=CC3(O)[C@H]1CC2. The highest BCUT2D eigenvalue weighted by molar-refractivity contribution is 6.01. The molecule has 108 valence electrons. The van der Waals surface area contributed by atoms with Crippen LogP contribution in [0.25, 0.3) is 0 Å². The van der Waals surface area contributed by atoms with Crippen LogP contribution in [0.5, 0.6) is 0 Å². The number of allylic oxidation sites excluding steroid dienone is 2. The fraction of sp³-hybridized carbons (Fsp3) is 0.722. The second-order valence-electron chi connectivity index (χ2n) is 7.73. The Hall–Kier alpha value is -0.890. The molecule has 0 heterocycles. The minimum absolute atomic E-state index is 0.0460. The molecular formula is C18H24O2. The topological polar surface area (TPSA) is 37.3 Å². The maximum absolute atomic E-state index is 11.6. The molecular weight excluding hydrogens is 248 g/mol. The normalized spacial score (nSPS) is 50.2. The number of carbonyl (C=O) groups excluding carboxylic acids is 1. The van der Waals surface area contributed by atoms with E-state index in [-0.39, 0.29) is 5.78 Å². The van der Waals surface area contributed by atoms with Crippen LogP contribution in [0, 0.1) is 23.2 Å². The van der Waals surface area contributed by atoms with Crippen molar-refractivity contribution in [2.24, 2.45) is 23.2 Å². The summed E-state index contributed by atoms with van der Waals surface area (Å²) in [5.74, 6) is 1.82. The van der Waals surface area contributed by atoms with Gasteiger partial charge in [0.1, 0.15) is 5.60 Å². The quantitative estimate of drug-likeness (QED) is 0.733. The van der Waals surface area contributed by atoms with Gasteiger partial charge in [-0.15, -0.1) is 0 Å². The molecule has 4 rings (SSSR count). The predicted molar refractivity (Wildman–Crippen MR) is 78.1 cm³/mol. The van der Waals surface area contributed by atoms with Crippen LogP contribution in [-0.4, -0.2) is 16.5 Å². The molecule has 4 aliphatic carbocycles. The van der Waals surface area contributed by atoms with Crippen molar-refractivity contribution in [2.75, 3.05) is 0 Å². The molecule has 3 fully saturated rings. The Bertz CT molecular complexity index is 518. The number of rotatable bonds is 0. The highest BCUT2D eigenvalue weighted by Crippen LogP contribution is 2.62. The predicted octanol–water partition coefficient (Wildman–Crippen LogP) is 3.41. The lowest BCUT2D eigenvalue weighted by Crippen LogP contribution is -2.53. The molecule has 2 nitrogen and oxygen atoms in total. The molecule has 5 atom stereocenters. The van der Waals surface area contributed by atoms with E-state index in [0.717, 1.165) is 24.3 Å². The minimum atomic E-state index is -0.819. The van der Waals surface area contributed by atoms with Gasteiger partial charge < -0.3 is 5.11 Å². The summed E-state index contributed by atoms with van der Waals surface area (Å²) in [6, 6.07) is 0. The summed E-state index contributed by atoms with van der Waals surface area (Å²) in [5.41, 5.74) is 0.682. The number of hydrogen-bond donors (Lipinski definition) is 1. The van der Waals surface area contributed by atoms with E-state index in [1.54, 1.807) is 18.2 Å². The Morgan fingerprint density at radius 2 is 2.05 bits per heavy atom. The molecule has 0 aromatic carbocycles. The second kappa shape index (κ2) is 4.07. The van der Waals surface area contributed by atoms with Gasteiger partial charge in [-0.05, 0) is 85.5 Å². The molecule has 0 bridgehead atoms. The Kier molecular flexibility index (Phi) is 2.61. The summed E-state index contributed by atoms with van der Waals surface area (Å²) in [5, 5.41) is 11.2. The van der Waals surface area contributed by atoms with Gasteiger partial charge in [0.05, 0.1) is 0 Å². The Morgan fingerprint density at radius 1 is 1.20 bits per heavy atom. The van der Waals surface area contributed by atoms with Gasteiger partial charge in [-0.3, -0.25) is 4.79 Å². The zero-order valence-corrected chi connectivity index (χ0v) is 12.3. The monoisotopic (exact) mass is 272 g/mol. The summed E-state index contributed by atoms with van der Waals surface area (Å²) in [7, 11) is 0. The molecule has 0 amide bonds. The first-order valence-electron chi connectivity index (χ1n) is 8.20. The number of ketones is 1. The van der Waals surface area contributed by atoms with Gasteiger partial charge in [0.25, 0.3) is 0 Å². The Balaban J connectivity index is 1.71. The van der Waals surface area contributed by atoms with Crippen molar-refractivity contribution in [3.63, 3.8) is 0 Å². The van der Waals surface area contributed by atoms with E-state index < -0.39 is 5.60 Å². The lowest BCUT2D eigenvalue weighted by Gasteiger charge is -2.55. The Morgan fingerprint density at radius 3 is 2.90 bits per heavy atom. The van der Waals surface area contributed by atoms with Gasteiger partial charge in [0, 0.05) is 0 Å². The molecule has 0 aromatic heterocycles. The van der Waals surface area contributed by atoms with Crippen molar-refractivity contribution >= 4 is 5.78 Å². The zero-order chi connectivity index (χ0) is 14.0. The van der Waals surface area contributed by atoms with Crippen molar-refractivity contribution < 1.29 is 9.90 Å². The van der Waals surface area contributed by atoms with Gasteiger partial charge in [-0.1, -0.05) is 13.3 Å². The molecule has 4 aliphatic rings. The number of fused-ring (bicyclic) bond motifs is 5. The van der Waals surface area contributed by atoms with Crippen LogP contribution in [0.1, 0.15) is 51.9 Å². The molecule has 0 radical (unpaired) electrons. The summed E-state index contributed by atoms with van der Waals surface area (Å²) in [4.78, 5) is 11.6. The summed E-state index contributed by atoms with van der Waals surface area (Å²) in [6.45, 7) is 2.47. The lowest BCUT2D eigenvalue weighted by molar-refractivity contribution is -0.112. The first-order valence-corrected chi connectivity index (χ1v) is 8.20. The summed E-state index contributed by atoms with van der Waals surface area (Å²) < 4.78 is 0. The molecule has 0 spiro atoms. The molecule has 1 unspecified atom stereocenters. The maximum Gasteiger partial charge on any atom is 0.178 e. The average molecular weight is 272 g/mol. The largest absolute Gasteiger partial charge is 0.381 e. The van der Waals surface area contributed by atoms with Crippen LogP contribution >= 0.6 is 0 Å². The van der Waals surface area contributed by atoms with Gasteiger partial charge in [-0.2, -0.15) is 0 Å². The number of aliphatic hydroxyl groups is 1. The summed E-state index contributed by atoms with van der Waals surface area (Å²) in [6.07, 6.45) is 13.6. The van der Waals surface area contributed by atoms with Gasteiger partial charge in [0.15, 0.2) is 5.78 Å². The molecule has 3 saturated carbocycles. The molecule has 0 aliphatic heterocycles. The van der Waals surface area contributed by atoms with Crippen LogP contribution in [0.3, 0.4) is 0 Å². The smallest absolute Gasteiger partial charge is 0.178 e. The molecule has 2 heteroatoms. The summed E-state index contributed by atoms with van der Waals surface area (Å²) >= 11 is 0. The highest BCUT2D eigenvalue weighted by Gasteiger charge is 2.56. The first kappa shape index (κ1) is 12.8. The molecule has 1 N–H and O–H groups in total. The van der Waals surface area contributed by atoms with E-state index in [0.29, 0.717) is 17.3 Å². The van der Waals surface area contributed by atoms with Gasteiger partial charge in [0.2, 0.25) is 0 Å². The van der Waals surface area contributed by atoms with Crippen molar-refractivity contribution in [1.29, 1.82) is 0 Å². The van der Waals surface area contributed by atoms with E-state index in [1.807, 2.05) is 0 Å². The second-order valence-corrected chi connectivity index (χ2v) is 7.73. The third-order valence-corrected chi connectivity index (χ3v) is 6.86. The highest BCUT2D eigenvalue weighted by atomic mass is 16.3. The van der Waals surface area contributed by atoms with E-state index >= 15 is 0 Å². The van der Waals surface area contributed by atoms with Crippen molar-refractivity contribution in [1.82, 2.24) is 0 Å². The van der Waals surface area contributed by atoms with Gasteiger partial charge in [-0.25, -0.2) is 0 Å². The van der Waals surface area contributed by atoms with Gasteiger partial charge >= 0.3 is 0 Å². The molecule has 0 saturated heterocycles. The lowest BCUT2D eigenvalue weighted by atomic mass is 9.52. The van der Waals surface area contributed by atoms with E-state index in [2.05, 4.69) is 6.92 Å². The van der Waals surface area contributed by atoms with Crippen LogP contribution in [0.2, 0.25) is 0 Å². The van der Waals surface area contributed by atoms with E-state index in [4.69, 9.17) is 0 Å². The van der Waals surface area contributed by atoms with Crippen LogP contribution < -0.4 is 0 Å². The van der Waals surface area contributed by atoms with E-state index in [1.165, 1.54) is 32.1 Å². The maximum atomic E-state index is 11.6. The fourth-order valence-electron chi connectivity index (χ4n) is 5.84. The van der Waals surface area contributed by atoms with Crippen molar-refractivity contribution in [3.8, 4) is 0 Å². The van der Waals surface area contributed by atoms with Crippen LogP contribution in [0.15, 0.2) is 23.8 Å². The van der Waals surface area contributed by atoms with Crippen molar-refractivity contribution in [3.05, 3.63) is 23.8 Å².